The molecule has 0 aliphatic rings. The number of benzene rings is 1. The summed E-state index contributed by atoms with van der Waals surface area (Å²) < 4.78 is 20.2. The zero-order valence-corrected chi connectivity index (χ0v) is 18.2. The number of carbonyl (C=O) groups is 3. The summed E-state index contributed by atoms with van der Waals surface area (Å²) in [6, 6.07) is 1.52. The fourth-order valence-corrected chi connectivity index (χ4v) is 2.46. The van der Waals surface area contributed by atoms with E-state index < -0.39 is 29.6 Å². The lowest BCUT2D eigenvalue weighted by Gasteiger charge is -2.14. The van der Waals surface area contributed by atoms with Gasteiger partial charge in [0, 0.05) is 19.5 Å². The summed E-state index contributed by atoms with van der Waals surface area (Å²) in [6.45, 7) is 1.78. The second-order valence-electron chi connectivity index (χ2n) is 6.44. The molecule has 1 unspecified atom stereocenters. The third-order valence-corrected chi connectivity index (χ3v) is 4.08. The normalized spacial score (nSPS) is 11.1. The van der Waals surface area contributed by atoms with Gasteiger partial charge < -0.3 is 35.3 Å². The number of methoxy groups -OCH3 is 2. The van der Waals surface area contributed by atoms with E-state index in [2.05, 4.69) is 15.4 Å². The minimum Gasteiger partial charge on any atom is -0.493 e. The fourth-order valence-electron chi connectivity index (χ4n) is 2.46. The van der Waals surface area contributed by atoms with Gasteiger partial charge in [0.2, 0.25) is 5.91 Å². The number of esters is 1. The van der Waals surface area contributed by atoms with Crippen molar-refractivity contribution in [2.24, 2.45) is 5.73 Å². The number of ether oxygens (including phenoxy) is 4. The summed E-state index contributed by atoms with van der Waals surface area (Å²) in [6.07, 6.45) is -0.379. The molecule has 0 saturated carbocycles. The molecule has 0 aliphatic carbocycles. The van der Waals surface area contributed by atoms with Gasteiger partial charge in [-0.1, -0.05) is 0 Å². The number of hydrogen-bond donors (Lipinski definition) is 3. The highest BCUT2D eigenvalue weighted by molar-refractivity contribution is 5.80. The van der Waals surface area contributed by atoms with Crippen LogP contribution in [0.4, 0.5) is 10.5 Å². The van der Waals surface area contributed by atoms with Crippen molar-refractivity contribution >= 4 is 23.7 Å². The Morgan fingerprint density at radius 3 is 2.53 bits per heavy atom. The molecule has 0 saturated heterocycles. The quantitative estimate of drug-likeness (QED) is 0.165. The molecule has 178 valence electrons. The maximum atomic E-state index is 11.8. The Labute approximate surface area is 184 Å². The van der Waals surface area contributed by atoms with Crippen LogP contribution in [-0.2, 0) is 25.7 Å². The highest BCUT2D eigenvalue weighted by Crippen LogP contribution is 2.35. The van der Waals surface area contributed by atoms with Gasteiger partial charge in [-0.3, -0.25) is 14.9 Å². The number of nitrogens with two attached hydrogens (primary N) is 1. The monoisotopic (exact) mass is 456 g/mol. The standard InChI is InChI=1S/C19H28N4O9/c1-12(18(25)30-3)22-19(26)32-11-13-9-15(29-2)16(10-14(13)23(27)28)31-8-4-5-17(24)21-7-6-20/h9-10,12H,4-8,11,20H2,1-3H3,(H,21,24)(H,22,26). The Kier molecular flexibility index (Phi) is 11.3. The van der Waals surface area contributed by atoms with Crippen LogP contribution in [0.15, 0.2) is 12.1 Å². The molecule has 0 radical (unpaired) electrons. The summed E-state index contributed by atoms with van der Waals surface area (Å²) in [5, 5.41) is 16.3. The van der Waals surface area contributed by atoms with Crippen LogP contribution in [-0.4, -0.2) is 62.9 Å². The van der Waals surface area contributed by atoms with Gasteiger partial charge in [-0.2, -0.15) is 0 Å². The number of alkyl carbamates (subject to hydrolysis) is 1. The second-order valence-corrected chi connectivity index (χ2v) is 6.44. The van der Waals surface area contributed by atoms with Crippen LogP contribution in [0.25, 0.3) is 0 Å². The lowest BCUT2D eigenvalue weighted by atomic mass is 10.1. The van der Waals surface area contributed by atoms with Crippen molar-refractivity contribution in [2.45, 2.75) is 32.4 Å². The number of nitro groups is 1. The van der Waals surface area contributed by atoms with Gasteiger partial charge in [0.15, 0.2) is 11.5 Å². The van der Waals surface area contributed by atoms with Gasteiger partial charge in [-0.15, -0.1) is 0 Å². The molecule has 0 heterocycles. The van der Waals surface area contributed by atoms with E-state index in [1.54, 1.807) is 0 Å². The van der Waals surface area contributed by atoms with Crippen molar-refractivity contribution in [3.05, 3.63) is 27.8 Å². The van der Waals surface area contributed by atoms with E-state index >= 15 is 0 Å². The molecule has 0 aromatic heterocycles. The van der Waals surface area contributed by atoms with E-state index in [0.717, 1.165) is 6.07 Å². The van der Waals surface area contributed by atoms with Crippen LogP contribution in [0.3, 0.4) is 0 Å². The SMILES string of the molecule is COC(=O)C(C)NC(=O)OCc1cc(OC)c(OCCCC(=O)NCCN)cc1[N+](=O)[O-]. The molecule has 1 aromatic rings. The first kappa shape index (κ1) is 26.4. The maximum absolute atomic E-state index is 11.8. The molecule has 1 aromatic carbocycles. The zero-order valence-electron chi connectivity index (χ0n) is 18.2. The van der Waals surface area contributed by atoms with E-state index in [0.29, 0.717) is 19.5 Å². The summed E-state index contributed by atoms with van der Waals surface area (Å²) in [7, 11) is 2.52. The van der Waals surface area contributed by atoms with Crippen LogP contribution in [0, 0.1) is 10.1 Å². The topological polar surface area (TPSA) is 181 Å². The molecule has 2 amide bonds. The average Bonchev–Trinajstić information content (AvgIpc) is 2.78. The largest absolute Gasteiger partial charge is 0.493 e. The highest BCUT2D eigenvalue weighted by Gasteiger charge is 2.22. The number of carbonyl (C=O) groups excluding carboxylic acids is 3. The molecule has 32 heavy (non-hydrogen) atoms. The van der Waals surface area contributed by atoms with Crippen molar-refractivity contribution in [2.75, 3.05) is 33.9 Å². The number of rotatable bonds is 13. The summed E-state index contributed by atoms with van der Waals surface area (Å²) >= 11 is 0. The summed E-state index contributed by atoms with van der Waals surface area (Å²) in [5.41, 5.74) is 5.01. The van der Waals surface area contributed by atoms with Crippen LogP contribution < -0.4 is 25.8 Å². The third-order valence-electron chi connectivity index (χ3n) is 4.08. The van der Waals surface area contributed by atoms with E-state index in [1.165, 1.54) is 27.2 Å². The molecule has 1 rings (SSSR count). The Hall–Kier alpha value is -3.61. The van der Waals surface area contributed by atoms with Gasteiger partial charge >= 0.3 is 12.1 Å². The zero-order chi connectivity index (χ0) is 24.1. The Morgan fingerprint density at radius 1 is 1.22 bits per heavy atom. The number of nitrogens with zero attached hydrogens (tertiary/aromatic N) is 1. The smallest absolute Gasteiger partial charge is 0.408 e. The van der Waals surface area contributed by atoms with E-state index in [-0.39, 0.29) is 41.7 Å². The predicted octanol–water partition coefficient (Wildman–Crippen LogP) is 0.625. The molecule has 13 heteroatoms. The second kappa shape index (κ2) is 13.6. The Balaban J connectivity index is 2.79. The van der Waals surface area contributed by atoms with Crippen LogP contribution in [0.1, 0.15) is 25.3 Å². The molecule has 0 spiro atoms. The number of hydrogen-bond acceptors (Lipinski definition) is 10. The Morgan fingerprint density at radius 2 is 1.94 bits per heavy atom. The van der Waals surface area contributed by atoms with Gasteiger partial charge in [-0.25, -0.2) is 9.59 Å². The number of nitro benzene ring substituents is 1. The van der Waals surface area contributed by atoms with E-state index in [9.17, 15) is 24.5 Å². The van der Waals surface area contributed by atoms with E-state index in [1.807, 2.05) is 0 Å². The summed E-state index contributed by atoms with van der Waals surface area (Å²) in [4.78, 5) is 45.6. The van der Waals surface area contributed by atoms with Crippen LogP contribution in [0.2, 0.25) is 0 Å². The lowest BCUT2D eigenvalue weighted by Crippen LogP contribution is -2.39. The van der Waals surface area contributed by atoms with E-state index in [4.69, 9.17) is 19.9 Å². The third kappa shape index (κ3) is 8.63. The van der Waals surface area contributed by atoms with Gasteiger partial charge in [-0.05, 0) is 19.4 Å². The first-order valence-electron chi connectivity index (χ1n) is 9.69. The maximum Gasteiger partial charge on any atom is 0.408 e. The number of amides is 2. The Bertz CT molecular complexity index is 816. The van der Waals surface area contributed by atoms with Crippen molar-refractivity contribution in [3.63, 3.8) is 0 Å². The fraction of sp³-hybridized carbons (Fsp3) is 0.526. The number of nitrogens with one attached hydrogen (secondary N) is 2. The molecule has 0 bridgehead atoms. The van der Waals surface area contributed by atoms with Gasteiger partial charge in [0.25, 0.3) is 5.69 Å². The van der Waals surface area contributed by atoms with Crippen LogP contribution >= 0.6 is 0 Å². The highest BCUT2D eigenvalue weighted by atomic mass is 16.6. The van der Waals surface area contributed by atoms with Crippen molar-refractivity contribution in [1.29, 1.82) is 0 Å². The predicted molar refractivity (Wildman–Crippen MR) is 111 cm³/mol. The van der Waals surface area contributed by atoms with Crippen molar-refractivity contribution < 1.29 is 38.3 Å². The van der Waals surface area contributed by atoms with Crippen molar-refractivity contribution in [1.82, 2.24) is 10.6 Å². The average molecular weight is 456 g/mol. The molecule has 1 atom stereocenters. The molecular weight excluding hydrogens is 428 g/mol. The molecule has 0 aliphatic heterocycles. The van der Waals surface area contributed by atoms with Gasteiger partial charge in [0.05, 0.1) is 37.4 Å². The molecule has 4 N–H and O–H groups in total. The van der Waals surface area contributed by atoms with Crippen LogP contribution in [0.5, 0.6) is 11.5 Å². The first-order valence-corrected chi connectivity index (χ1v) is 9.69. The lowest BCUT2D eigenvalue weighted by molar-refractivity contribution is -0.385. The van der Waals surface area contributed by atoms with Gasteiger partial charge in [0.1, 0.15) is 12.6 Å². The molecule has 0 fully saturated rings. The molecular formula is C19H28N4O9. The molecule has 13 nitrogen and oxygen atoms in total. The minimum absolute atomic E-state index is 0.0567. The minimum atomic E-state index is -0.954. The van der Waals surface area contributed by atoms with Crippen molar-refractivity contribution in [3.8, 4) is 11.5 Å². The first-order chi connectivity index (χ1) is 15.2. The summed E-state index contributed by atoms with van der Waals surface area (Å²) in [5.74, 6) is -0.559.